The summed E-state index contributed by atoms with van der Waals surface area (Å²) in [5, 5.41) is 21.3. The minimum Gasteiger partial charge on any atom is -0.392 e. The van der Waals surface area contributed by atoms with Gasteiger partial charge in [-0.25, -0.2) is 4.98 Å². The first-order chi connectivity index (χ1) is 15.0. The molecule has 31 heavy (non-hydrogen) atoms. The molecule has 1 aromatic carbocycles. The highest BCUT2D eigenvalue weighted by Gasteiger charge is 2.26. The molecule has 0 aliphatic heterocycles. The average molecular weight is 446 g/mol. The number of azide groups is 1. The third kappa shape index (κ3) is 7.21. The third-order valence-electron chi connectivity index (χ3n) is 4.04. The second-order valence-electron chi connectivity index (χ2n) is 6.08. The van der Waals surface area contributed by atoms with E-state index in [1.54, 1.807) is 24.3 Å². The van der Waals surface area contributed by atoms with Crippen molar-refractivity contribution in [2.45, 2.75) is 11.6 Å². The van der Waals surface area contributed by atoms with Gasteiger partial charge in [0.05, 0.1) is 50.8 Å². The number of nitrogens with zero attached hydrogens (tertiary/aromatic N) is 6. The standard InChI is InChI=1S/C19H22N6O5S/c20-13-17-3-6-19(22-14-17)31(27,28)25(18-4-1-16(15-26)2-5-18)8-10-30-12-11-29-9-7-23-24-21/h1-6,14,26H,7-12,15H2. The van der Waals surface area contributed by atoms with Gasteiger partial charge in [-0.15, -0.1) is 0 Å². The summed E-state index contributed by atoms with van der Waals surface area (Å²) < 4.78 is 38.2. The fourth-order valence-electron chi connectivity index (χ4n) is 2.49. The van der Waals surface area contributed by atoms with E-state index in [9.17, 15) is 13.5 Å². The smallest absolute Gasteiger partial charge is 0.281 e. The van der Waals surface area contributed by atoms with Crippen molar-refractivity contribution in [2.24, 2.45) is 5.11 Å². The van der Waals surface area contributed by atoms with Crippen LogP contribution in [0.5, 0.6) is 0 Å². The Labute approximate surface area is 180 Å². The molecule has 0 aliphatic carbocycles. The maximum absolute atomic E-state index is 13.2. The van der Waals surface area contributed by atoms with Crippen LogP contribution in [-0.4, -0.2) is 58.0 Å². The van der Waals surface area contributed by atoms with Gasteiger partial charge in [-0.3, -0.25) is 4.31 Å². The SMILES string of the molecule is N#Cc1ccc(S(=O)(=O)N(CCOCCOCCN=[N+]=[N-])c2ccc(CO)cc2)nc1. The largest absolute Gasteiger partial charge is 0.392 e. The summed E-state index contributed by atoms with van der Waals surface area (Å²) in [5.41, 5.74) is 9.46. The van der Waals surface area contributed by atoms with Gasteiger partial charge in [-0.05, 0) is 35.4 Å². The molecule has 0 fully saturated rings. The van der Waals surface area contributed by atoms with Crippen molar-refractivity contribution in [3.05, 3.63) is 64.2 Å². The number of sulfonamides is 1. The van der Waals surface area contributed by atoms with Crippen molar-refractivity contribution in [3.63, 3.8) is 0 Å². The van der Waals surface area contributed by atoms with E-state index in [0.29, 0.717) is 11.3 Å². The van der Waals surface area contributed by atoms with Gasteiger partial charge in [0, 0.05) is 17.7 Å². The van der Waals surface area contributed by atoms with E-state index in [0.717, 1.165) is 4.31 Å². The quantitative estimate of drug-likeness (QED) is 0.213. The van der Waals surface area contributed by atoms with E-state index < -0.39 is 10.0 Å². The van der Waals surface area contributed by atoms with E-state index in [1.807, 2.05) is 6.07 Å². The van der Waals surface area contributed by atoms with Crippen LogP contribution in [0.2, 0.25) is 0 Å². The minimum atomic E-state index is -4.01. The zero-order valence-corrected chi connectivity index (χ0v) is 17.5. The molecule has 0 spiro atoms. The molecule has 2 rings (SSSR count). The van der Waals surface area contributed by atoms with E-state index >= 15 is 0 Å². The Kier molecular flexibility index (Phi) is 9.70. The Morgan fingerprint density at radius 3 is 2.42 bits per heavy atom. The number of nitriles is 1. The van der Waals surface area contributed by atoms with Crippen LogP contribution in [0.4, 0.5) is 5.69 Å². The molecule has 1 heterocycles. The third-order valence-corrected chi connectivity index (χ3v) is 5.78. The van der Waals surface area contributed by atoms with Crippen molar-refractivity contribution < 1.29 is 23.0 Å². The Balaban J connectivity index is 2.07. The number of pyridine rings is 1. The molecular formula is C19H22N6O5S. The Morgan fingerprint density at radius 1 is 1.13 bits per heavy atom. The highest BCUT2D eigenvalue weighted by atomic mass is 32.2. The molecule has 11 nitrogen and oxygen atoms in total. The van der Waals surface area contributed by atoms with Gasteiger partial charge >= 0.3 is 0 Å². The molecule has 12 heteroatoms. The first kappa shape index (κ1) is 24.1. The maximum Gasteiger partial charge on any atom is 0.281 e. The van der Waals surface area contributed by atoms with E-state index in [-0.39, 0.29) is 56.7 Å². The van der Waals surface area contributed by atoms with Crippen molar-refractivity contribution in [2.75, 3.05) is 43.8 Å². The van der Waals surface area contributed by atoms with E-state index in [4.69, 9.17) is 20.3 Å². The zero-order valence-electron chi connectivity index (χ0n) is 16.7. The number of benzene rings is 1. The van der Waals surface area contributed by atoms with Gasteiger partial charge in [0.2, 0.25) is 0 Å². The number of ether oxygens (including phenoxy) is 2. The zero-order chi connectivity index (χ0) is 22.5. The van der Waals surface area contributed by atoms with Crippen molar-refractivity contribution in [1.29, 1.82) is 5.26 Å². The molecule has 1 N–H and O–H groups in total. The number of hydrogen-bond acceptors (Lipinski definition) is 8. The molecule has 2 aromatic rings. The van der Waals surface area contributed by atoms with Crippen molar-refractivity contribution >= 4 is 15.7 Å². The van der Waals surface area contributed by atoms with Gasteiger partial charge in [0.15, 0.2) is 5.03 Å². The monoisotopic (exact) mass is 446 g/mol. The summed E-state index contributed by atoms with van der Waals surface area (Å²) in [7, 11) is -4.01. The van der Waals surface area contributed by atoms with Crippen LogP contribution >= 0.6 is 0 Å². The maximum atomic E-state index is 13.2. The lowest BCUT2D eigenvalue weighted by molar-refractivity contribution is 0.0541. The molecular weight excluding hydrogens is 424 g/mol. The first-order valence-electron chi connectivity index (χ1n) is 9.28. The van der Waals surface area contributed by atoms with Crippen LogP contribution in [0.1, 0.15) is 11.1 Å². The Morgan fingerprint density at radius 2 is 1.84 bits per heavy atom. The summed E-state index contributed by atoms with van der Waals surface area (Å²) in [6.07, 6.45) is 1.20. The highest BCUT2D eigenvalue weighted by Crippen LogP contribution is 2.23. The second kappa shape index (κ2) is 12.5. The number of aliphatic hydroxyl groups excluding tert-OH is 1. The van der Waals surface area contributed by atoms with E-state index in [1.165, 1.54) is 18.3 Å². The van der Waals surface area contributed by atoms with Gasteiger partial charge < -0.3 is 14.6 Å². The summed E-state index contributed by atoms with van der Waals surface area (Å²) in [5.74, 6) is 0. The molecule has 1 aromatic heterocycles. The van der Waals surface area contributed by atoms with Gasteiger partial charge in [0.1, 0.15) is 6.07 Å². The Hall–Kier alpha value is -3.20. The predicted molar refractivity (Wildman–Crippen MR) is 111 cm³/mol. The number of rotatable bonds is 13. The number of aromatic nitrogens is 1. The molecule has 0 saturated carbocycles. The number of aliphatic hydroxyl groups is 1. The van der Waals surface area contributed by atoms with Crippen molar-refractivity contribution in [3.8, 4) is 6.07 Å². The summed E-state index contributed by atoms with van der Waals surface area (Å²) >= 11 is 0. The molecule has 0 bridgehead atoms. The van der Waals surface area contributed by atoms with Gasteiger partial charge in [-0.1, -0.05) is 17.2 Å². The fourth-order valence-corrected chi connectivity index (χ4v) is 3.85. The highest BCUT2D eigenvalue weighted by molar-refractivity contribution is 7.92. The molecule has 0 aliphatic rings. The lowest BCUT2D eigenvalue weighted by Crippen LogP contribution is -2.35. The molecule has 0 amide bonds. The van der Waals surface area contributed by atoms with Crippen molar-refractivity contribution in [1.82, 2.24) is 4.98 Å². The predicted octanol–water partition coefficient (Wildman–Crippen LogP) is 1.98. The normalized spacial score (nSPS) is 10.8. The van der Waals surface area contributed by atoms with Crippen LogP contribution in [0.3, 0.4) is 0 Å². The van der Waals surface area contributed by atoms with Crippen LogP contribution in [0.25, 0.3) is 10.4 Å². The second-order valence-corrected chi connectivity index (χ2v) is 7.89. The molecule has 164 valence electrons. The average Bonchev–Trinajstić information content (AvgIpc) is 2.80. The Bertz CT molecular complexity index is 1020. The number of anilines is 1. The lowest BCUT2D eigenvalue weighted by Gasteiger charge is -2.24. The molecule has 0 radical (unpaired) electrons. The molecule has 0 saturated heterocycles. The minimum absolute atomic E-state index is 0.0151. The van der Waals surface area contributed by atoms with Gasteiger partial charge in [-0.2, -0.15) is 13.7 Å². The fraction of sp³-hybridized carbons (Fsp3) is 0.368. The van der Waals surface area contributed by atoms with Crippen LogP contribution in [0, 0.1) is 11.3 Å². The van der Waals surface area contributed by atoms with E-state index in [2.05, 4.69) is 15.0 Å². The van der Waals surface area contributed by atoms with Gasteiger partial charge in [0.25, 0.3) is 10.0 Å². The summed E-state index contributed by atoms with van der Waals surface area (Å²) in [6.45, 7) is 0.962. The number of hydrogen-bond donors (Lipinski definition) is 1. The summed E-state index contributed by atoms with van der Waals surface area (Å²) in [4.78, 5) is 6.52. The molecule has 0 unspecified atom stereocenters. The lowest BCUT2D eigenvalue weighted by atomic mass is 10.2. The first-order valence-corrected chi connectivity index (χ1v) is 10.7. The van der Waals surface area contributed by atoms with Crippen LogP contribution in [-0.2, 0) is 26.1 Å². The topological polar surface area (TPSA) is 162 Å². The van der Waals surface area contributed by atoms with Crippen LogP contribution < -0.4 is 4.31 Å². The molecule has 0 atom stereocenters. The van der Waals surface area contributed by atoms with Crippen LogP contribution in [0.15, 0.2) is 52.7 Å². The summed E-state index contributed by atoms with van der Waals surface area (Å²) in [6, 6.07) is 11.0.